The highest BCUT2D eigenvalue weighted by Gasteiger charge is 2.20. The molecule has 0 spiro atoms. The molecule has 126 valence electrons. The van der Waals surface area contributed by atoms with E-state index in [1.807, 2.05) is 24.3 Å². The van der Waals surface area contributed by atoms with Crippen LogP contribution in [0.5, 0.6) is 0 Å². The maximum absolute atomic E-state index is 12.7. The van der Waals surface area contributed by atoms with Crippen molar-refractivity contribution in [2.24, 2.45) is 5.73 Å². The van der Waals surface area contributed by atoms with Crippen LogP contribution in [0, 0.1) is 0 Å². The van der Waals surface area contributed by atoms with Crippen LogP contribution in [-0.4, -0.2) is 14.3 Å². The van der Waals surface area contributed by atoms with Crippen molar-refractivity contribution in [1.82, 2.24) is 0 Å². The van der Waals surface area contributed by atoms with Gasteiger partial charge in [0.25, 0.3) is 10.0 Å². The highest BCUT2D eigenvalue weighted by atomic mass is 32.2. The first-order valence-electron chi connectivity index (χ1n) is 7.92. The van der Waals surface area contributed by atoms with Crippen LogP contribution in [0.3, 0.4) is 0 Å². The molecule has 0 unspecified atom stereocenters. The Hall–Kier alpha value is -2.86. The standard InChI is InChI=1S/C19H16N2O3S/c20-19(22)14-6-9-15(10-7-14)25(23,24)21-17-11-8-13-5-4-12-2-1-3-16(17)18(12)13/h1-3,6-11,21H,4-5H2,(H2,20,22). The maximum atomic E-state index is 12.7. The van der Waals surface area contributed by atoms with Crippen LogP contribution in [0.2, 0.25) is 0 Å². The normalized spacial score (nSPS) is 13.1. The molecule has 0 saturated heterocycles. The van der Waals surface area contributed by atoms with E-state index in [9.17, 15) is 13.2 Å². The highest BCUT2D eigenvalue weighted by molar-refractivity contribution is 7.92. The van der Waals surface area contributed by atoms with Gasteiger partial charge >= 0.3 is 0 Å². The Bertz CT molecular complexity index is 1090. The van der Waals surface area contributed by atoms with Crippen molar-refractivity contribution in [2.45, 2.75) is 17.7 Å². The second kappa shape index (κ2) is 5.60. The first kappa shape index (κ1) is 15.7. The van der Waals surface area contributed by atoms with E-state index in [1.165, 1.54) is 35.4 Å². The molecule has 3 aromatic rings. The number of sulfonamides is 1. The predicted molar refractivity (Wildman–Crippen MR) is 97.1 cm³/mol. The van der Waals surface area contributed by atoms with Gasteiger partial charge < -0.3 is 5.73 Å². The van der Waals surface area contributed by atoms with Crippen LogP contribution in [0.4, 0.5) is 5.69 Å². The lowest BCUT2D eigenvalue weighted by Crippen LogP contribution is -2.15. The van der Waals surface area contributed by atoms with Gasteiger partial charge in [0.2, 0.25) is 5.91 Å². The third kappa shape index (κ3) is 2.64. The highest BCUT2D eigenvalue weighted by Crippen LogP contribution is 2.35. The summed E-state index contributed by atoms with van der Waals surface area (Å²) in [4.78, 5) is 11.2. The monoisotopic (exact) mass is 352 g/mol. The number of benzene rings is 3. The number of hydrogen-bond donors (Lipinski definition) is 2. The number of nitrogens with one attached hydrogen (secondary N) is 1. The van der Waals surface area contributed by atoms with Crippen LogP contribution < -0.4 is 10.5 Å². The van der Waals surface area contributed by atoms with E-state index in [4.69, 9.17) is 5.73 Å². The molecule has 6 heteroatoms. The number of carbonyl (C=O) groups excluding carboxylic acids is 1. The minimum Gasteiger partial charge on any atom is -0.366 e. The molecule has 3 aromatic carbocycles. The second-order valence-electron chi connectivity index (χ2n) is 6.11. The molecular weight excluding hydrogens is 336 g/mol. The van der Waals surface area contributed by atoms with E-state index in [-0.39, 0.29) is 10.5 Å². The number of carbonyl (C=O) groups is 1. The third-order valence-corrected chi connectivity index (χ3v) is 5.95. The van der Waals surface area contributed by atoms with E-state index >= 15 is 0 Å². The zero-order chi connectivity index (χ0) is 17.6. The van der Waals surface area contributed by atoms with Crippen molar-refractivity contribution in [2.75, 3.05) is 4.72 Å². The molecule has 1 amide bonds. The lowest BCUT2D eigenvalue weighted by molar-refractivity contribution is 0.1000. The molecule has 4 rings (SSSR count). The molecule has 0 aliphatic heterocycles. The van der Waals surface area contributed by atoms with Gasteiger partial charge in [0, 0.05) is 10.9 Å². The number of hydrogen-bond acceptors (Lipinski definition) is 3. The van der Waals surface area contributed by atoms with Gasteiger partial charge in [-0.25, -0.2) is 8.42 Å². The minimum atomic E-state index is -3.75. The Morgan fingerprint density at radius 2 is 1.60 bits per heavy atom. The molecule has 0 heterocycles. The fourth-order valence-electron chi connectivity index (χ4n) is 3.34. The van der Waals surface area contributed by atoms with Gasteiger partial charge in [-0.05, 0) is 59.7 Å². The number of primary amides is 1. The lowest BCUT2D eigenvalue weighted by Gasteiger charge is -2.12. The fraction of sp³-hybridized carbons (Fsp3) is 0.105. The molecule has 0 atom stereocenters. The third-order valence-electron chi connectivity index (χ3n) is 4.57. The maximum Gasteiger partial charge on any atom is 0.261 e. The lowest BCUT2D eigenvalue weighted by atomic mass is 10.0. The fourth-order valence-corrected chi connectivity index (χ4v) is 4.42. The van der Waals surface area contributed by atoms with Crippen LogP contribution in [0.25, 0.3) is 10.8 Å². The Labute approximate surface area is 145 Å². The molecule has 1 aliphatic carbocycles. The molecule has 3 N–H and O–H groups in total. The summed E-state index contributed by atoms with van der Waals surface area (Å²) in [5.41, 5.74) is 8.51. The van der Waals surface area contributed by atoms with Crippen molar-refractivity contribution in [1.29, 1.82) is 0 Å². The molecule has 0 radical (unpaired) electrons. The number of rotatable bonds is 4. The van der Waals surface area contributed by atoms with Gasteiger partial charge in [-0.3, -0.25) is 9.52 Å². The van der Waals surface area contributed by atoms with Crippen LogP contribution >= 0.6 is 0 Å². The van der Waals surface area contributed by atoms with Crippen molar-refractivity contribution in [3.05, 3.63) is 71.3 Å². The number of nitrogens with two attached hydrogens (primary N) is 1. The smallest absolute Gasteiger partial charge is 0.261 e. The van der Waals surface area contributed by atoms with Crippen LogP contribution in [0.1, 0.15) is 21.5 Å². The molecule has 0 bridgehead atoms. The van der Waals surface area contributed by atoms with Crippen LogP contribution in [0.15, 0.2) is 59.5 Å². The van der Waals surface area contributed by atoms with E-state index in [2.05, 4.69) is 10.8 Å². The van der Waals surface area contributed by atoms with Gasteiger partial charge in [-0.2, -0.15) is 0 Å². The SMILES string of the molecule is NC(=O)c1ccc(S(=O)(=O)Nc2ccc3c4c(cccc24)CC3)cc1. The van der Waals surface area contributed by atoms with E-state index in [0.717, 1.165) is 23.6 Å². The largest absolute Gasteiger partial charge is 0.366 e. The average molecular weight is 352 g/mol. The van der Waals surface area contributed by atoms with E-state index in [0.29, 0.717) is 5.69 Å². The second-order valence-corrected chi connectivity index (χ2v) is 7.79. The first-order chi connectivity index (χ1) is 12.0. The Kier molecular flexibility index (Phi) is 3.51. The van der Waals surface area contributed by atoms with Crippen molar-refractivity contribution in [3.8, 4) is 0 Å². The summed E-state index contributed by atoms with van der Waals surface area (Å²) in [6.07, 6.45) is 1.97. The minimum absolute atomic E-state index is 0.0840. The predicted octanol–water partition coefficient (Wildman–Crippen LogP) is 2.84. The molecule has 0 saturated carbocycles. The van der Waals surface area contributed by atoms with Crippen molar-refractivity contribution < 1.29 is 13.2 Å². The average Bonchev–Trinajstić information content (AvgIpc) is 3.02. The zero-order valence-corrected chi connectivity index (χ0v) is 14.1. The number of aryl methyl sites for hydroxylation is 2. The molecule has 5 nitrogen and oxygen atoms in total. The molecule has 25 heavy (non-hydrogen) atoms. The Morgan fingerprint density at radius 1 is 0.920 bits per heavy atom. The molecular formula is C19H16N2O3S. The van der Waals surface area contributed by atoms with Crippen LogP contribution in [-0.2, 0) is 22.9 Å². The quantitative estimate of drug-likeness (QED) is 0.756. The van der Waals surface area contributed by atoms with Gasteiger partial charge in [-0.1, -0.05) is 24.3 Å². The molecule has 1 aliphatic rings. The van der Waals surface area contributed by atoms with Crippen molar-refractivity contribution >= 4 is 32.4 Å². The van der Waals surface area contributed by atoms with E-state index in [1.54, 1.807) is 0 Å². The van der Waals surface area contributed by atoms with Gasteiger partial charge in [-0.15, -0.1) is 0 Å². The molecule has 0 aromatic heterocycles. The number of anilines is 1. The van der Waals surface area contributed by atoms with Crippen molar-refractivity contribution in [3.63, 3.8) is 0 Å². The van der Waals surface area contributed by atoms with Gasteiger partial charge in [0.1, 0.15) is 0 Å². The number of amides is 1. The summed E-state index contributed by atoms with van der Waals surface area (Å²) in [5.74, 6) is -0.593. The zero-order valence-electron chi connectivity index (χ0n) is 13.3. The first-order valence-corrected chi connectivity index (χ1v) is 9.40. The Morgan fingerprint density at radius 3 is 2.28 bits per heavy atom. The summed E-state index contributed by atoms with van der Waals surface area (Å²) in [5, 5.41) is 2.05. The summed E-state index contributed by atoms with van der Waals surface area (Å²) < 4.78 is 28.0. The summed E-state index contributed by atoms with van der Waals surface area (Å²) in [6.45, 7) is 0. The van der Waals surface area contributed by atoms with E-state index < -0.39 is 15.9 Å². The summed E-state index contributed by atoms with van der Waals surface area (Å²) in [7, 11) is -3.75. The van der Waals surface area contributed by atoms with Gasteiger partial charge in [0.05, 0.1) is 10.6 Å². The summed E-state index contributed by atoms with van der Waals surface area (Å²) in [6, 6.07) is 15.3. The topological polar surface area (TPSA) is 89.3 Å². The Balaban J connectivity index is 1.75. The summed E-state index contributed by atoms with van der Waals surface area (Å²) >= 11 is 0. The van der Waals surface area contributed by atoms with Gasteiger partial charge in [0.15, 0.2) is 0 Å². The molecule has 0 fully saturated rings.